The number of nitrogens with one attached hydrogen (secondary N) is 2. The number of hydrogen-bond acceptors (Lipinski definition) is 3. The van der Waals surface area contributed by atoms with Crippen molar-refractivity contribution >= 4 is 11.9 Å². The van der Waals surface area contributed by atoms with E-state index >= 15 is 0 Å². The molecule has 0 bridgehead atoms. The lowest BCUT2D eigenvalue weighted by atomic mass is 10.1. The Bertz CT molecular complexity index is 434. The molecule has 106 valence electrons. The number of hydrogen-bond donors (Lipinski definition) is 3. The van der Waals surface area contributed by atoms with Crippen molar-refractivity contribution in [2.24, 2.45) is 0 Å². The van der Waals surface area contributed by atoms with Gasteiger partial charge in [0.05, 0.1) is 12.1 Å². The van der Waals surface area contributed by atoms with Crippen LogP contribution in [0.5, 0.6) is 0 Å². The van der Waals surface area contributed by atoms with Crippen molar-refractivity contribution in [3.8, 4) is 0 Å². The van der Waals surface area contributed by atoms with E-state index in [1.54, 1.807) is 0 Å². The number of unbranched alkanes of at least 4 members (excludes halogenated alkanes) is 1. The van der Waals surface area contributed by atoms with Crippen LogP contribution in [0.3, 0.4) is 0 Å². The number of carboxylic acids is 1. The third-order valence-electron chi connectivity index (χ3n) is 3.10. The molecule has 1 aromatic rings. The molecule has 6 heteroatoms. The minimum atomic E-state index is -0.984. The maximum atomic E-state index is 11.9. The Morgan fingerprint density at radius 3 is 2.58 bits per heavy atom. The zero-order chi connectivity index (χ0) is 14.4. The first-order valence-electron chi connectivity index (χ1n) is 6.48. The summed E-state index contributed by atoms with van der Waals surface area (Å²) in [6.07, 6.45) is 2.30. The summed E-state index contributed by atoms with van der Waals surface area (Å²) in [6, 6.07) is -0.806. The number of aromatic nitrogens is 2. The summed E-state index contributed by atoms with van der Waals surface area (Å²) in [6.45, 7) is 5.64. The SMILES string of the molecule is CCCC[C@H](NC(=O)Cc1c(C)n[nH]c1C)C(=O)O. The van der Waals surface area contributed by atoms with Crippen LogP contribution in [0, 0.1) is 13.8 Å². The van der Waals surface area contributed by atoms with Crippen molar-refractivity contribution < 1.29 is 14.7 Å². The molecule has 0 spiro atoms. The molecular formula is C13H21N3O3. The number of rotatable bonds is 7. The molecule has 3 N–H and O–H groups in total. The minimum absolute atomic E-state index is 0.157. The molecule has 0 aliphatic rings. The van der Waals surface area contributed by atoms with Crippen LogP contribution in [0.15, 0.2) is 0 Å². The normalized spacial score (nSPS) is 12.2. The number of carboxylic acid groups (broad SMARTS) is 1. The van der Waals surface area contributed by atoms with Gasteiger partial charge < -0.3 is 10.4 Å². The molecule has 1 aromatic heterocycles. The Morgan fingerprint density at radius 1 is 1.42 bits per heavy atom. The van der Waals surface area contributed by atoms with Crippen LogP contribution in [-0.4, -0.2) is 33.2 Å². The highest BCUT2D eigenvalue weighted by molar-refractivity contribution is 5.85. The molecule has 19 heavy (non-hydrogen) atoms. The fourth-order valence-corrected chi connectivity index (χ4v) is 1.91. The molecule has 0 aromatic carbocycles. The summed E-state index contributed by atoms with van der Waals surface area (Å²) in [5, 5.41) is 18.4. The van der Waals surface area contributed by atoms with Gasteiger partial charge in [-0.05, 0) is 20.3 Å². The summed E-state index contributed by atoms with van der Waals surface area (Å²) in [4.78, 5) is 22.9. The Labute approximate surface area is 112 Å². The van der Waals surface area contributed by atoms with E-state index in [1.807, 2.05) is 20.8 Å². The number of carbonyl (C=O) groups excluding carboxylic acids is 1. The molecule has 1 atom stereocenters. The highest BCUT2D eigenvalue weighted by Gasteiger charge is 2.20. The number of aliphatic carboxylic acids is 1. The predicted octanol–water partition coefficient (Wildman–Crippen LogP) is 1.33. The van der Waals surface area contributed by atoms with Crippen molar-refractivity contribution in [3.05, 3.63) is 17.0 Å². The highest BCUT2D eigenvalue weighted by atomic mass is 16.4. The Kier molecular flexibility index (Phi) is 5.54. The number of aryl methyl sites for hydroxylation is 2. The first-order chi connectivity index (χ1) is 8.95. The second kappa shape index (κ2) is 6.92. The molecule has 0 radical (unpaired) electrons. The van der Waals surface area contributed by atoms with Crippen LogP contribution < -0.4 is 5.32 Å². The Morgan fingerprint density at radius 2 is 2.11 bits per heavy atom. The molecule has 1 amide bonds. The van der Waals surface area contributed by atoms with E-state index in [9.17, 15) is 9.59 Å². The topological polar surface area (TPSA) is 95.1 Å². The van der Waals surface area contributed by atoms with Crippen molar-refractivity contribution in [2.75, 3.05) is 0 Å². The smallest absolute Gasteiger partial charge is 0.326 e. The summed E-state index contributed by atoms with van der Waals surface area (Å²) < 4.78 is 0. The van der Waals surface area contributed by atoms with Gasteiger partial charge in [0, 0.05) is 11.3 Å². The summed E-state index contributed by atoms with van der Waals surface area (Å²) >= 11 is 0. The second-order valence-corrected chi connectivity index (χ2v) is 4.69. The van der Waals surface area contributed by atoms with Crippen LogP contribution in [0.1, 0.15) is 43.1 Å². The number of H-pyrrole nitrogens is 1. The predicted molar refractivity (Wildman–Crippen MR) is 70.9 cm³/mol. The van der Waals surface area contributed by atoms with Crippen LogP contribution in [0.4, 0.5) is 0 Å². The van der Waals surface area contributed by atoms with E-state index in [0.717, 1.165) is 29.8 Å². The van der Waals surface area contributed by atoms with Gasteiger partial charge in [-0.2, -0.15) is 5.10 Å². The van der Waals surface area contributed by atoms with Crippen LogP contribution in [0.25, 0.3) is 0 Å². The maximum absolute atomic E-state index is 11.9. The monoisotopic (exact) mass is 267 g/mol. The second-order valence-electron chi connectivity index (χ2n) is 4.69. The van der Waals surface area contributed by atoms with Crippen molar-refractivity contribution in [3.63, 3.8) is 0 Å². The number of carbonyl (C=O) groups is 2. The molecule has 0 aliphatic carbocycles. The van der Waals surface area contributed by atoms with E-state index in [-0.39, 0.29) is 12.3 Å². The maximum Gasteiger partial charge on any atom is 0.326 e. The van der Waals surface area contributed by atoms with Gasteiger partial charge in [0.15, 0.2) is 0 Å². The molecule has 0 saturated carbocycles. The van der Waals surface area contributed by atoms with E-state index in [0.29, 0.717) is 6.42 Å². The molecule has 6 nitrogen and oxygen atoms in total. The van der Waals surface area contributed by atoms with Crippen LogP contribution in [0.2, 0.25) is 0 Å². The van der Waals surface area contributed by atoms with Crippen LogP contribution in [-0.2, 0) is 16.0 Å². The van der Waals surface area contributed by atoms with E-state index in [4.69, 9.17) is 5.11 Å². The lowest BCUT2D eigenvalue weighted by Crippen LogP contribution is -2.41. The van der Waals surface area contributed by atoms with E-state index in [1.165, 1.54) is 0 Å². The lowest BCUT2D eigenvalue weighted by molar-refractivity contribution is -0.142. The van der Waals surface area contributed by atoms with Gasteiger partial charge in [0.25, 0.3) is 0 Å². The van der Waals surface area contributed by atoms with E-state index < -0.39 is 12.0 Å². The molecule has 1 heterocycles. The van der Waals surface area contributed by atoms with Crippen molar-refractivity contribution in [1.82, 2.24) is 15.5 Å². The van der Waals surface area contributed by atoms with Crippen molar-refractivity contribution in [1.29, 1.82) is 0 Å². The molecule has 1 rings (SSSR count). The first-order valence-corrected chi connectivity index (χ1v) is 6.48. The quantitative estimate of drug-likeness (QED) is 0.694. The molecule has 0 aliphatic heterocycles. The average molecular weight is 267 g/mol. The zero-order valence-corrected chi connectivity index (χ0v) is 11.6. The largest absolute Gasteiger partial charge is 0.480 e. The van der Waals surface area contributed by atoms with Crippen molar-refractivity contribution in [2.45, 2.75) is 52.5 Å². The van der Waals surface area contributed by atoms with Gasteiger partial charge in [-0.3, -0.25) is 9.89 Å². The Balaban J connectivity index is 2.60. The highest BCUT2D eigenvalue weighted by Crippen LogP contribution is 2.10. The number of nitrogens with zero attached hydrogens (tertiary/aromatic N) is 1. The minimum Gasteiger partial charge on any atom is -0.480 e. The van der Waals surface area contributed by atoms with Crippen LogP contribution >= 0.6 is 0 Å². The molecule has 0 saturated heterocycles. The first kappa shape index (κ1) is 15.2. The van der Waals surface area contributed by atoms with Gasteiger partial charge in [-0.15, -0.1) is 0 Å². The molecule has 0 unspecified atom stereocenters. The zero-order valence-electron chi connectivity index (χ0n) is 11.6. The van der Waals surface area contributed by atoms with Gasteiger partial charge in [0.2, 0.25) is 5.91 Å². The fraction of sp³-hybridized carbons (Fsp3) is 0.615. The summed E-state index contributed by atoms with van der Waals surface area (Å²) in [7, 11) is 0. The van der Waals surface area contributed by atoms with Gasteiger partial charge in [0.1, 0.15) is 6.04 Å². The standard InChI is InChI=1S/C13H21N3O3/c1-4-5-6-11(13(18)19)14-12(17)7-10-8(2)15-16-9(10)3/h11H,4-7H2,1-3H3,(H,14,17)(H,15,16)(H,18,19)/t11-/m0/s1. The third-order valence-corrected chi connectivity index (χ3v) is 3.10. The van der Waals surface area contributed by atoms with Gasteiger partial charge >= 0.3 is 5.97 Å². The lowest BCUT2D eigenvalue weighted by Gasteiger charge is -2.14. The van der Waals surface area contributed by atoms with Gasteiger partial charge in [-0.25, -0.2) is 4.79 Å². The number of amides is 1. The summed E-state index contributed by atoms with van der Waals surface area (Å²) in [5.41, 5.74) is 2.44. The van der Waals surface area contributed by atoms with Gasteiger partial charge in [-0.1, -0.05) is 19.8 Å². The third kappa shape index (κ3) is 4.39. The summed E-state index contributed by atoms with van der Waals surface area (Å²) in [5.74, 6) is -1.27. The van der Waals surface area contributed by atoms with E-state index in [2.05, 4.69) is 15.5 Å². The average Bonchev–Trinajstić information content (AvgIpc) is 2.66. The molecular weight excluding hydrogens is 246 g/mol. The number of aromatic amines is 1. The fourth-order valence-electron chi connectivity index (χ4n) is 1.91. The Hall–Kier alpha value is -1.85. The molecule has 0 fully saturated rings.